The third-order valence-electron chi connectivity index (χ3n) is 2.91. The first kappa shape index (κ1) is 15.0. The summed E-state index contributed by atoms with van der Waals surface area (Å²) in [5.74, 6) is -1.11. The van der Waals surface area contributed by atoms with Crippen LogP contribution in [0.15, 0.2) is 24.3 Å². The standard InChI is InChI=1S/C14H18O5/c1-2-10(5-8-13(15)16)11-3-6-12(7-4-11)19-9-14(17)18/h3-4,6-7,10H,2,5,8-9H2,1H3,(H,15,16)(H,17,18). The molecule has 0 saturated heterocycles. The van der Waals surface area contributed by atoms with Crippen molar-refractivity contribution in [1.29, 1.82) is 0 Å². The van der Waals surface area contributed by atoms with Gasteiger partial charge in [-0.2, -0.15) is 0 Å². The van der Waals surface area contributed by atoms with Gasteiger partial charge in [0.1, 0.15) is 5.75 Å². The van der Waals surface area contributed by atoms with Gasteiger partial charge in [-0.15, -0.1) is 0 Å². The zero-order valence-corrected chi connectivity index (χ0v) is 10.8. The summed E-state index contributed by atoms with van der Waals surface area (Å²) in [4.78, 5) is 20.9. The van der Waals surface area contributed by atoms with E-state index in [1.807, 2.05) is 19.1 Å². The fourth-order valence-corrected chi connectivity index (χ4v) is 1.89. The molecule has 0 bridgehead atoms. The SMILES string of the molecule is CCC(CCC(=O)O)c1ccc(OCC(=O)O)cc1. The van der Waals surface area contributed by atoms with Gasteiger partial charge >= 0.3 is 11.9 Å². The first-order chi connectivity index (χ1) is 9.02. The van der Waals surface area contributed by atoms with Crippen molar-refractivity contribution in [1.82, 2.24) is 0 Å². The predicted octanol–water partition coefficient (Wildman–Crippen LogP) is 2.51. The normalized spacial score (nSPS) is 11.8. The minimum absolute atomic E-state index is 0.149. The molecule has 1 rings (SSSR count). The zero-order chi connectivity index (χ0) is 14.3. The Kier molecular flexibility index (Phi) is 5.85. The molecule has 19 heavy (non-hydrogen) atoms. The van der Waals surface area contributed by atoms with Crippen LogP contribution in [-0.4, -0.2) is 28.8 Å². The number of benzene rings is 1. The van der Waals surface area contributed by atoms with Gasteiger partial charge in [-0.3, -0.25) is 4.79 Å². The van der Waals surface area contributed by atoms with Crippen molar-refractivity contribution in [2.75, 3.05) is 6.61 Å². The minimum Gasteiger partial charge on any atom is -0.482 e. The van der Waals surface area contributed by atoms with Crippen molar-refractivity contribution >= 4 is 11.9 Å². The van der Waals surface area contributed by atoms with Crippen molar-refractivity contribution < 1.29 is 24.5 Å². The van der Waals surface area contributed by atoms with Gasteiger partial charge in [0.2, 0.25) is 0 Å². The summed E-state index contributed by atoms with van der Waals surface area (Å²) < 4.78 is 5.04. The highest BCUT2D eigenvalue weighted by atomic mass is 16.5. The van der Waals surface area contributed by atoms with E-state index in [4.69, 9.17) is 14.9 Å². The van der Waals surface area contributed by atoms with Crippen LogP contribution < -0.4 is 4.74 Å². The van der Waals surface area contributed by atoms with Crippen LogP contribution >= 0.6 is 0 Å². The maximum Gasteiger partial charge on any atom is 0.341 e. The molecule has 0 heterocycles. The molecule has 0 spiro atoms. The molecular formula is C14H18O5. The second kappa shape index (κ2) is 7.41. The molecule has 0 radical (unpaired) electrons. The van der Waals surface area contributed by atoms with Crippen molar-refractivity contribution in [3.63, 3.8) is 0 Å². The molecule has 104 valence electrons. The van der Waals surface area contributed by atoms with Crippen LogP contribution in [0, 0.1) is 0 Å². The van der Waals surface area contributed by atoms with Crippen LogP contribution in [0.5, 0.6) is 5.75 Å². The summed E-state index contributed by atoms with van der Waals surface area (Å²) >= 11 is 0. The van der Waals surface area contributed by atoms with Crippen LogP contribution in [0.1, 0.15) is 37.7 Å². The summed E-state index contributed by atoms with van der Waals surface area (Å²) in [6.07, 6.45) is 1.61. The molecule has 5 nitrogen and oxygen atoms in total. The van der Waals surface area contributed by atoms with Crippen molar-refractivity contribution in [2.24, 2.45) is 0 Å². The van der Waals surface area contributed by atoms with Crippen LogP contribution in [0.3, 0.4) is 0 Å². The van der Waals surface area contributed by atoms with E-state index in [-0.39, 0.29) is 18.9 Å². The van der Waals surface area contributed by atoms with Gasteiger partial charge in [0.05, 0.1) is 0 Å². The van der Waals surface area contributed by atoms with Crippen molar-refractivity contribution in [3.8, 4) is 5.75 Å². The highest BCUT2D eigenvalue weighted by Crippen LogP contribution is 2.26. The van der Waals surface area contributed by atoms with Crippen LogP contribution in [0.2, 0.25) is 0 Å². The average Bonchev–Trinajstić information content (AvgIpc) is 2.38. The van der Waals surface area contributed by atoms with Gasteiger partial charge in [0, 0.05) is 6.42 Å². The Bertz CT molecular complexity index is 424. The first-order valence-corrected chi connectivity index (χ1v) is 6.19. The summed E-state index contributed by atoms with van der Waals surface area (Å²) in [5.41, 5.74) is 1.05. The fraction of sp³-hybridized carbons (Fsp3) is 0.429. The Hall–Kier alpha value is -2.04. The monoisotopic (exact) mass is 266 g/mol. The van der Waals surface area contributed by atoms with Gasteiger partial charge in [0.25, 0.3) is 0 Å². The highest BCUT2D eigenvalue weighted by molar-refractivity contribution is 5.68. The van der Waals surface area contributed by atoms with Gasteiger partial charge < -0.3 is 14.9 Å². The van der Waals surface area contributed by atoms with E-state index in [1.165, 1.54) is 0 Å². The second-order valence-corrected chi connectivity index (χ2v) is 4.29. The molecular weight excluding hydrogens is 248 g/mol. The Morgan fingerprint density at radius 3 is 2.26 bits per heavy atom. The fourth-order valence-electron chi connectivity index (χ4n) is 1.89. The maximum atomic E-state index is 10.6. The number of carboxylic acids is 2. The molecule has 0 fully saturated rings. The summed E-state index contributed by atoms with van der Waals surface area (Å²) in [7, 11) is 0. The van der Waals surface area contributed by atoms with E-state index in [0.29, 0.717) is 12.2 Å². The third-order valence-corrected chi connectivity index (χ3v) is 2.91. The molecule has 1 aromatic rings. The van der Waals surface area contributed by atoms with E-state index in [2.05, 4.69) is 0 Å². The molecule has 0 aromatic heterocycles. The van der Waals surface area contributed by atoms with Crippen molar-refractivity contribution in [3.05, 3.63) is 29.8 Å². The molecule has 1 unspecified atom stereocenters. The minimum atomic E-state index is -1.02. The summed E-state index contributed by atoms with van der Waals surface area (Å²) in [6.45, 7) is 1.65. The molecule has 0 amide bonds. The zero-order valence-electron chi connectivity index (χ0n) is 10.8. The number of aliphatic carboxylic acids is 2. The molecule has 2 N–H and O–H groups in total. The van der Waals surface area contributed by atoms with Crippen molar-refractivity contribution in [2.45, 2.75) is 32.1 Å². The number of hydrogen-bond donors (Lipinski definition) is 2. The smallest absolute Gasteiger partial charge is 0.341 e. The molecule has 1 aromatic carbocycles. The molecule has 1 atom stereocenters. The quantitative estimate of drug-likeness (QED) is 0.755. The number of carboxylic acid groups (broad SMARTS) is 2. The van der Waals surface area contributed by atoms with Gasteiger partial charge in [0.15, 0.2) is 6.61 Å². The molecule has 0 aliphatic rings. The molecule has 0 aliphatic carbocycles. The lowest BCUT2D eigenvalue weighted by atomic mass is 9.92. The number of rotatable bonds is 8. The summed E-state index contributed by atoms with van der Waals surface area (Å²) in [5, 5.41) is 17.2. The van der Waals surface area contributed by atoms with E-state index < -0.39 is 11.9 Å². The van der Waals surface area contributed by atoms with Gasteiger partial charge in [-0.1, -0.05) is 19.1 Å². The molecule has 0 aliphatic heterocycles. The summed E-state index contributed by atoms with van der Waals surface area (Å²) in [6, 6.07) is 7.13. The van der Waals surface area contributed by atoms with E-state index in [0.717, 1.165) is 12.0 Å². The first-order valence-electron chi connectivity index (χ1n) is 6.19. The Morgan fingerprint density at radius 2 is 1.79 bits per heavy atom. The van der Waals surface area contributed by atoms with Gasteiger partial charge in [-0.05, 0) is 36.5 Å². The van der Waals surface area contributed by atoms with Crippen LogP contribution in [-0.2, 0) is 9.59 Å². The number of ether oxygens (including phenoxy) is 1. The maximum absolute atomic E-state index is 10.6. The molecule has 5 heteroatoms. The number of carbonyl (C=O) groups is 2. The van der Waals surface area contributed by atoms with Crippen LogP contribution in [0.25, 0.3) is 0 Å². The predicted molar refractivity (Wildman–Crippen MR) is 69.5 cm³/mol. The second-order valence-electron chi connectivity index (χ2n) is 4.29. The topological polar surface area (TPSA) is 83.8 Å². The Morgan fingerprint density at radius 1 is 1.16 bits per heavy atom. The lowest BCUT2D eigenvalue weighted by Gasteiger charge is -2.14. The Labute approximate surface area is 111 Å². The average molecular weight is 266 g/mol. The van der Waals surface area contributed by atoms with E-state index >= 15 is 0 Å². The molecule has 0 saturated carbocycles. The lowest BCUT2D eigenvalue weighted by molar-refractivity contribution is -0.139. The highest BCUT2D eigenvalue weighted by Gasteiger charge is 2.11. The lowest BCUT2D eigenvalue weighted by Crippen LogP contribution is -2.09. The Balaban J connectivity index is 2.62. The van der Waals surface area contributed by atoms with E-state index in [9.17, 15) is 9.59 Å². The van der Waals surface area contributed by atoms with Crippen LogP contribution in [0.4, 0.5) is 0 Å². The van der Waals surface area contributed by atoms with Gasteiger partial charge in [-0.25, -0.2) is 4.79 Å². The van der Waals surface area contributed by atoms with E-state index in [1.54, 1.807) is 12.1 Å². The largest absolute Gasteiger partial charge is 0.482 e. The third kappa shape index (κ3) is 5.42. The number of hydrogen-bond acceptors (Lipinski definition) is 3.